The fraction of sp³-hybridized carbons (Fsp3) is 0.143. The maximum atomic E-state index is 13.2. The number of carbonyl (C=O) groups excluding carboxylic acids is 1. The first-order chi connectivity index (χ1) is 13.5. The number of hydrogen-bond donors (Lipinski definition) is 2. The molecule has 3 aromatic rings. The second kappa shape index (κ2) is 9.34. The van der Waals surface area contributed by atoms with Crippen molar-refractivity contribution in [3.05, 3.63) is 92.1 Å². The number of halogens is 2. The van der Waals surface area contributed by atoms with E-state index in [4.69, 9.17) is 23.2 Å². The molecule has 0 spiro atoms. The summed E-state index contributed by atoms with van der Waals surface area (Å²) < 4.78 is 0. The highest BCUT2D eigenvalue weighted by atomic mass is 35.5. The van der Waals surface area contributed by atoms with Crippen LogP contribution in [-0.2, 0) is 11.2 Å². The highest BCUT2D eigenvalue weighted by Crippen LogP contribution is 2.28. The topological polar surface area (TPSA) is 66.4 Å². The van der Waals surface area contributed by atoms with Crippen LogP contribution in [0.3, 0.4) is 0 Å². The zero-order valence-electron chi connectivity index (χ0n) is 14.6. The van der Waals surface area contributed by atoms with Gasteiger partial charge in [0.1, 0.15) is 6.04 Å². The molecule has 2 N–H and O–H groups in total. The van der Waals surface area contributed by atoms with E-state index in [0.717, 1.165) is 5.56 Å². The molecule has 144 valence electrons. The third-order valence-corrected chi connectivity index (χ3v) is 5.53. The first-order valence-corrected chi connectivity index (χ1v) is 10.2. The first-order valence-electron chi connectivity index (χ1n) is 8.50. The van der Waals surface area contributed by atoms with Crippen LogP contribution >= 0.6 is 34.5 Å². The summed E-state index contributed by atoms with van der Waals surface area (Å²) in [5, 5.41) is 17.0. The van der Waals surface area contributed by atoms with E-state index in [1.54, 1.807) is 18.2 Å². The SMILES string of the molecule is O=C(c1ccc(Cl)cc1Cl)C(N[C@@H](Cc1ccccc1)C(=O)O)c1ccsc1. The summed E-state index contributed by atoms with van der Waals surface area (Å²) in [5.41, 5.74) is 1.85. The molecule has 3 rings (SSSR count). The molecule has 2 aromatic carbocycles. The molecule has 28 heavy (non-hydrogen) atoms. The number of thiophene rings is 1. The van der Waals surface area contributed by atoms with E-state index in [2.05, 4.69) is 5.32 Å². The average molecular weight is 434 g/mol. The lowest BCUT2D eigenvalue weighted by molar-refractivity contribution is -0.139. The van der Waals surface area contributed by atoms with E-state index >= 15 is 0 Å². The molecule has 0 saturated heterocycles. The average Bonchev–Trinajstić information content (AvgIpc) is 3.19. The standard InChI is InChI=1S/C21H17Cl2NO3S/c22-15-6-7-16(17(23)11-15)20(25)19(14-8-9-28-12-14)24-18(21(26)27)10-13-4-2-1-3-5-13/h1-9,11-12,18-19,24H,10H2,(H,26,27)/t18-,19?/m0/s1. The van der Waals surface area contributed by atoms with Gasteiger partial charge in [0.2, 0.25) is 0 Å². The van der Waals surface area contributed by atoms with Crippen molar-refractivity contribution >= 4 is 46.3 Å². The predicted molar refractivity (Wildman–Crippen MR) is 113 cm³/mol. The van der Waals surface area contributed by atoms with Gasteiger partial charge in [0, 0.05) is 10.6 Å². The number of hydrogen-bond acceptors (Lipinski definition) is 4. The minimum absolute atomic E-state index is 0.231. The quantitative estimate of drug-likeness (QED) is 0.475. The molecule has 0 aliphatic heterocycles. The second-order valence-electron chi connectivity index (χ2n) is 6.23. The van der Waals surface area contributed by atoms with Gasteiger partial charge in [-0.2, -0.15) is 11.3 Å². The van der Waals surface area contributed by atoms with E-state index in [9.17, 15) is 14.7 Å². The number of carboxylic acid groups (broad SMARTS) is 1. The van der Waals surface area contributed by atoms with Crippen LogP contribution in [0.2, 0.25) is 10.0 Å². The van der Waals surface area contributed by atoms with E-state index in [1.807, 2.05) is 41.1 Å². The van der Waals surface area contributed by atoms with Gasteiger partial charge in [-0.1, -0.05) is 53.5 Å². The minimum Gasteiger partial charge on any atom is -0.480 e. The lowest BCUT2D eigenvalue weighted by Crippen LogP contribution is -2.43. The van der Waals surface area contributed by atoms with Crippen molar-refractivity contribution < 1.29 is 14.7 Å². The second-order valence-corrected chi connectivity index (χ2v) is 7.85. The van der Waals surface area contributed by atoms with Crippen molar-refractivity contribution in [3.63, 3.8) is 0 Å². The first kappa shape index (κ1) is 20.6. The Morgan fingerprint density at radius 3 is 2.43 bits per heavy atom. The Hall–Kier alpha value is -2.18. The largest absolute Gasteiger partial charge is 0.480 e. The normalized spacial score (nSPS) is 13.1. The highest BCUT2D eigenvalue weighted by Gasteiger charge is 2.29. The van der Waals surface area contributed by atoms with Gasteiger partial charge in [-0.3, -0.25) is 14.9 Å². The van der Waals surface area contributed by atoms with Gasteiger partial charge in [0.25, 0.3) is 0 Å². The van der Waals surface area contributed by atoms with Gasteiger partial charge in [-0.15, -0.1) is 0 Å². The molecule has 0 saturated carbocycles. The lowest BCUT2D eigenvalue weighted by atomic mass is 9.97. The van der Waals surface area contributed by atoms with Gasteiger partial charge >= 0.3 is 5.97 Å². The Balaban J connectivity index is 1.91. The van der Waals surface area contributed by atoms with Crippen LogP contribution in [0.5, 0.6) is 0 Å². The highest BCUT2D eigenvalue weighted by molar-refractivity contribution is 7.08. The number of carboxylic acids is 1. The van der Waals surface area contributed by atoms with Crippen LogP contribution in [0.15, 0.2) is 65.4 Å². The zero-order valence-corrected chi connectivity index (χ0v) is 17.0. The Kier molecular flexibility index (Phi) is 6.86. The summed E-state index contributed by atoms with van der Waals surface area (Å²) in [6.45, 7) is 0. The molecular formula is C21H17Cl2NO3S. The van der Waals surface area contributed by atoms with Gasteiger partial charge in [0.15, 0.2) is 5.78 Å². The number of rotatable bonds is 8. The Labute approximate surface area is 176 Å². The molecular weight excluding hydrogens is 417 g/mol. The van der Waals surface area contributed by atoms with Crippen LogP contribution < -0.4 is 5.32 Å². The smallest absolute Gasteiger partial charge is 0.321 e. The third kappa shape index (κ3) is 5.00. The van der Waals surface area contributed by atoms with Gasteiger partial charge < -0.3 is 5.11 Å². The molecule has 2 atom stereocenters. The van der Waals surface area contributed by atoms with Gasteiger partial charge in [-0.25, -0.2) is 0 Å². The molecule has 0 fully saturated rings. The Morgan fingerprint density at radius 2 is 1.82 bits per heavy atom. The molecule has 7 heteroatoms. The zero-order chi connectivity index (χ0) is 20.1. The van der Waals surface area contributed by atoms with Crippen LogP contribution in [0.1, 0.15) is 27.5 Å². The summed E-state index contributed by atoms with van der Waals surface area (Å²) in [6, 6.07) is 13.9. The fourth-order valence-corrected chi connectivity index (χ4v) is 4.06. The van der Waals surface area contributed by atoms with E-state index in [0.29, 0.717) is 16.1 Å². The number of nitrogens with one attached hydrogen (secondary N) is 1. The Bertz CT molecular complexity index is 961. The molecule has 0 bridgehead atoms. The fourth-order valence-electron chi connectivity index (χ4n) is 2.88. The summed E-state index contributed by atoms with van der Waals surface area (Å²) in [6.07, 6.45) is 0.248. The van der Waals surface area contributed by atoms with E-state index in [-0.39, 0.29) is 17.2 Å². The van der Waals surface area contributed by atoms with Crippen LogP contribution in [-0.4, -0.2) is 22.9 Å². The van der Waals surface area contributed by atoms with Gasteiger partial charge in [-0.05, 0) is 52.6 Å². The minimum atomic E-state index is -1.03. The number of Topliss-reactive ketones (excluding diaryl/α,β-unsaturated/α-hetero) is 1. The maximum absolute atomic E-state index is 13.2. The van der Waals surface area contributed by atoms with Crippen LogP contribution in [0, 0.1) is 0 Å². The lowest BCUT2D eigenvalue weighted by Gasteiger charge is -2.23. The molecule has 4 nitrogen and oxygen atoms in total. The molecule has 1 aromatic heterocycles. The van der Waals surface area contributed by atoms with E-state index in [1.165, 1.54) is 17.4 Å². The number of ketones is 1. The van der Waals surface area contributed by atoms with Crippen molar-refractivity contribution in [3.8, 4) is 0 Å². The van der Waals surface area contributed by atoms with Crippen LogP contribution in [0.4, 0.5) is 0 Å². The molecule has 1 heterocycles. The van der Waals surface area contributed by atoms with Gasteiger partial charge in [0.05, 0.1) is 11.1 Å². The molecule has 0 amide bonds. The predicted octanol–water partition coefficient (Wildman–Crippen LogP) is 5.26. The third-order valence-electron chi connectivity index (χ3n) is 4.28. The number of aliphatic carboxylic acids is 1. The summed E-state index contributed by atoms with van der Waals surface area (Å²) >= 11 is 13.6. The van der Waals surface area contributed by atoms with Crippen molar-refractivity contribution in [2.75, 3.05) is 0 Å². The molecule has 1 unspecified atom stereocenters. The van der Waals surface area contributed by atoms with Crippen molar-refractivity contribution in [2.45, 2.75) is 18.5 Å². The summed E-state index contributed by atoms with van der Waals surface area (Å²) in [7, 11) is 0. The summed E-state index contributed by atoms with van der Waals surface area (Å²) in [5.74, 6) is -1.33. The summed E-state index contributed by atoms with van der Waals surface area (Å²) in [4.78, 5) is 25.1. The maximum Gasteiger partial charge on any atom is 0.321 e. The molecule has 0 aliphatic rings. The van der Waals surface area contributed by atoms with Crippen molar-refractivity contribution in [1.29, 1.82) is 0 Å². The number of carbonyl (C=O) groups is 2. The van der Waals surface area contributed by atoms with Crippen molar-refractivity contribution in [1.82, 2.24) is 5.32 Å². The molecule has 0 aliphatic carbocycles. The Morgan fingerprint density at radius 1 is 1.07 bits per heavy atom. The van der Waals surface area contributed by atoms with Crippen molar-refractivity contribution in [2.24, 2.45) is 0 Å². The van der Waals surface area contributed by atoms with Crippen LogP contribution in [0.25, 0.3) is 0 Å². The number of benzene rings is 2. The monoisotopic (exact) mass is 433 g/mol. The van der Waals surface area contributed by atoms with E-state index < -0.39 is 18.1 Å². The molecule has 0 radical (unpaired) electrons.